The van der Waals surface area contributed by atoms with Gasteiger partial charge in [0.05, 0.1) is 7.11 Å². The maximum Gasteiger partial charge on any atom is 0.226 e. The fourth-order valence-electron chi connectivity index (χ4n) is 1.05. The van der Waals surface area contributed by atoms with Crippen LogP contribution in [0.25, 0.3) is 0 Å². The van der Waals surface area contributed by atoms with E-state index in [1.165, 1.54) is 13.2 Å². The topological polar surface area (TPSA) is 58.6 Å². The Hall–Kier alpha value is -1.71. The van der Waals surface area contributed by atoms with Gasteiger partial charge in [0.2, 0.25) is 5.91 Å². The smallest absolute Gasteiger partial charge is 0.226 e. The first-order valence-electron chi connectivity index (χ1n) is 4.72. The number of anilines is 1. The fraction of sp³-hybridized carbons (Fsp3) is 0.364. The van der Waals surface area contributed by atoms with Gasteiger partial charge < -0.3 is 15.2 Å². The summed E-state index contributed by atoms with van der Waals surface area (Å²) in [5.74, 6) is 0.227. The van der Waals surface area contributed by atoms with Crippen LogP contribution in [0, 0.1) is 5.92 Å². The molecule has 1 aromatic carbocycles. The van der Waals surface area contributed by atoms with Gasteiger partial charge >= 0.3 is 0 Å². The number of aromatic hydroxyl groups is 1. The quantitative estimate of drug-likeness (QED) is 0.800. The monoisotopic (exact) mass is 209 g/mol. The largest absolute Gasteiger partial charge is 0.504 e. The fourth-order valence-corrected chi connectivity index (χ4v) is 1.05. The van der Waals surface area contributed by atoms with Gasteiger partial charge in [0, 0.05) is 17.7 Å². The summed E-state index contributed by atoms with van der Waals surface area (Å²) in [6.07, 6.45) is 0. The second-order valence-corrected chi connectivity index (χ2v) is 3.53. The first-order valence-corrected chi connectivity index (χ1v) is 4.72. The maximum absolute atomic E-state index is 11.4. The van der Waals surface area contributed by atoms with Crippen LogP contribution >= 0.6 is 0 Å². The van der Waals surface area contributed by atoms with Gasteiger partial charge in [-0.15, -0.1) is 0 Å². The summed E-state index contributed by atoms with van der Waals surface area (Å²) in [6.45, 7) is 3.61. The van der Waals surface area contributed by atoms with Gasteiger partial charge in [0.25, 0.3) is 0 Å². The third kappa shape index (κ3) is 2.87. The maximum atomic E-state index is 11.4. The van der Waals surface area contributed by atoms with E-state index in [1.54, 1.807) is 26.0 Å². The highest BCUT2D eigenvalue weighted by Gasteiger charge is 2.08. The Kier molecular flexibility index (Phi) is 3.55. The van der Waals surface area contributed by atoms with E-state index in [0.717, 1.165) is 0 Å². The minimum atomic E-state index is -0.0887. The van der Waals surface area contributed by atoms with Crippen molar-refractivity contribution in [2.45, 2.75) is 13.8 Å². The number of phenols is 1. The van der Waals surface area contributed by atoms with Crippen molar-refractivity contribution in [2.75, 3.05) is 12.4 Å². The molecule has 0 radical (unpaired) electrons. The van der Waals surface area contributed by atoms with Gasteiger partial charge in [-0.05, 0) is 12.1 Å². The summed E-state index contributed by atoms with van der Waals surface area (Å²) in [7, 11) is 1.47. The molecular formula is C11H15NO3. The zero-order chi connectivity index (χ0) is 11.4. The number of hydrogen-bond donors (Lipinski definition) is 2. The Balaban J connectivity index is 2.80. The van der Waals surface area contributed by atoms with Crippen molar-refractivity contribution in [2.24, 2.45) is 5.92 Å². The van der Waals surface area contributed by atoms with E-state index in [2.05, 4.69) is 5.32 Å². The lowest BCUT2D eigenvalue weighted by molar-refractivity contribution is -0.118. The number of amides is 1. The molecule has 0 aliphatic carbocycles. The van der Waals surface area contributed by atoms with Crippen molar-refractivity contribution in [3.05, 3.63) is 18.2 Å². The first kappa shape index (κ1) is 11.4. The van der Waals surface area contributed by atoms with Crippen LogP contribution < -0.4 is 10.1 Å². The molecule has 0 fully saturated rings. The van der Waals surface area contributed by atoms with Crippen LogP contribution in [0.3, 0.4) is 0 Å². The van der Waals surface area contributed by atoms with E-state index < -0.39 is 0 Å². The van der Waals surface area contributed by atoms with Crippen LogP contribution in [0.4, 0.5) is 5.69 Å². The van der Waals surface area contributed by atoms with Crippen LogP contribution in [-0.4, -0.2) is 18.1 Å². The number of rotatable bonds is 3. The van der Waals surface area contributed by atoms with E-state index in [9.17, 15) is 9.90 Å². The summed E-state index contributed by atoms with van der Waals surface area (Å²) in [5, 5.41) is 12.1. The molecule has 4 nitrogen and oxygen atoms in total. The van der Waals surface area contributed by atoms with Gasteiger partial charge in [-0.2, -0.15) is 0 Å². The van der Waals surface area contributed by atoms with E-state index in [1.807, 2.05) is 0 Å². The van der Waals surface area contributed by atoms with Crippen LogP contribution in [0.1, 0.15) is 13.8 Å². The predicted octanol–water partition coefficient (Wildman–Crippen LogP) is 2.00. The second-order valence-electron chi connectivity index (χ2n) is 3.53. The van der Waals surface area contributed by atoms with E-state index in [4.69, 9.17) is 4.74 Å². The average molecular weight is 209 g/mol. The highest BCUT2D eigenvalue weighted by molar-refractivity contribution is 5.92. The zero-order valence-corrected chi connectivity index (χ0v) is 9.07. The van der Waals surface area contributed by atoms with Crippen molar-refractivity contribution >= 4 is 11.6 Å². The molecule has 1 aromatic rings. The molecule has 0 aromatic heterocycles. The molecule has 0 aliphatic heterocycles. The van der Waals surface area contributed by atoms with Crippen molar-refractivity contribution in [1.29, 1.82) is 0 Å². The van der Waals surface area contributed by atoms with Gasteiger partial charge in [0.15, 0.2) is 11.5 Å². The van der Waals surface area contributed by atoms with Crippen LogP contribution in [0.5, 0.6) is 11.5 Å². The summed E-state index contributed by atoms with van der Waals surface area (Å²) < 4.78 is 4.89. The van der Waals surface area contributed by atoms with Gasteiger partial charge in [-0.3, -0.25) is 4.79 Å². The first-order chi connectivity index (χ1) is 7.04. The molecule has 0 atom stereocenters. The average Bonchev–Trinajstić information content (AvgIpc) is 2.18. The number of methoxy groups -OCH3 is 1. The highest BCUT2D eigenvalue weighted by atomic mass is 16.5. The normalized spacial score (nSPS) is 10.1. The van der Waals surface area contributed by atoms with E-state index in [0.29, 0.717) is 11.4 Å². The predicted molar refractivity (Wildman–Crippen MR) is 58.1 cm³/mol. The summed E-state index contributed by atoms with van der Waals surface area (Å²) in [4.78, 5) is 11.4. The molecule has 0 unspecified atom stereocenters. The minimum absolute atomic E-state index is 0.0130. The Labute approximate surface area is 88.9 Å². The number of carbonyl (C=O) groups excluding carboxylic acids is 1. The number of phenolic OH excluding ortho intramolecular Hbond substituents is 1. The lowest BCUT2D eigenvalue weighted by Gasteiger charge is -2.09. The molecule has 15 heavy (non-hydrogen) atoms. The molecule has 0 heterocycles. The van der Waals surface area contributed by atoms with Gasteiger partial charge in [-0.25, -0.2) is 0 Å². The molecule has 0 spiro atoms. The SMILES string of the molecule is COc1ccc(NC(=O)C(C)C)cc1O. The molecule has 0 bridgehead atoms. The third-order valence-corrected chi connectivity index (χ3v) is 1.97. The number of ether oxygens (including phenoxy) is 1. The zero-order valence-electron chi connectivity index (χ0n) is 9.07. The summed E-state index contributed by atoms with van der Waals surface area (Å²) in [5.41, 5.74) is 0.562. The number of benzene rings is 1. The third-order valence-electron chi connectivity index (χ3n) is 1.97. The van der Waals surface area contributed by atoms with Crippen LogP contribution in [0.2, 0.25) is 0 Å². The highest BCUT2D eigenvalue weighted by Crippen LogP contribution is 2.28. The Morgan fingerprint density at radius 2 is 2.13 bits per heavy atom. The van der Waals surface area contributed by atoms with Crippen LogP contribution in [-0.2, 0) is 4.79 Å². The Morgan fingerprint density at radius 3 is 2.60 bits per heavy atom. The molecule has 1 rings (SSSR count). The van der Waals surface area contributed by atoms with E-state index >= 15 is 0 Å². The number of nitrogens with one attached hydrogen (secondary N) is 1. The van der Waals surface area contributed by atoms with Crippen molar-refractivity contribution in [3.8, 4) is 11.5 Å². The molecule has 4 heteroatoms. The molecular weight excluding hydrogens is 194 g/mol. The molecule has 1 amide bonds. The Morgan fingerprint density at radius 1 is 1.47 bits per heavy atom. The number of carbonyl (C=O) groups is 1. The second kappa shape index (κ2) is 4.68. The van der Waals surface area contributed by atoms with Gasteiger partial charge in [0.1, 0.15) is 0 Å². The summed E-state index contributed by atoms with van der Waals surface area (Å²) >= 11 is 0. The lowest BCUT2D eigenvalue weighted by atomic mass is 10.2. The van der Waals surface area contributed by atoms with Crippen molar-refractivity contribution in [3.63, 3.8) is 0 Å². The molecule has 0 saturated heterocycles. The minimum Gasteiger partial charge on any atom is -0.504 e. The molecule has 0 saturated carbocycles. The summed E-state index contributed by atoms with van der Waals surface area (Å²) in [6, 6.07) is 4.74. The molecule has 0 aliphatic rings. The van der Waals surface area contributed by atoms with E-state index in [-0.39, 0.29) is 17.6 Å². The lowest BCUT2D eigenvalue weighted by Crippen LogP contribution is -2.17. The van der Waals surface area contributed by atoms with Crippen molar-refractivity contribution in [1.82, 2.24) is 0 Å². The van der Waals surface area contributed by atoms with Crippen molar-refractivity contribution < 1.29 is 14.6 Å². The standard InChI is InChI=1S/C11H15NO3/c1-7(2)11(14)12-8-4-5-10(15-3)9(13)6-8/h4-7,13H,1-3H3,(H,12,14). The molecule has 82 valence electrons. The van der Waals surface area contributed by atoms with Gasteiger partial charge in [-0.1, -0.05) is 13.8 Å². The molecule has 2 N–H and O–H groups in total. The number of hydrogen-bond acceptors (Lipinski definition) is 3. The Bertz CT molecular complexity index is 361. The van der Waals surface area contributed by atoms with Crippen LogP contribution in [0.15, 0.2) is 18.2 Å².